The Hall–Kier alpha value is -0.960. The summed E-state index contributed by atoms with van der Waals surface area (Å²) in [6.45, 7) is 2.36. The Morgan fingerprint density at radius 1 is 1.00 bits per heavy atom. The molecule has 7 heteroatoms. The molecule has 24 heavy (non-hydrogen) atoms. The molecule has 0 spiro atoms. The highest BCUT2D eigenvalue weighted by Crippen LogP contribution is 1.98. The highest BCUT2D eigenvalue weighted by atomic mass is 127. The summed E-state index contributed by atoms with van der Waals surface area (Å²) in [7, 11) is 1.77. The zero-order chi connectivity index (χ0) is 16.8. The second-order valence-electron chi connectivity index (χ2n) is 5.10. The number of hydrogen-bond donors (Lipinski definition) is 3. The molecule has 0 unspecified atom stereocenters. The van der Waals surface area contributed by atoms with Crippen LogP contribution in [0.25, 0.3) is 0 Å². The van der Waals surface area contributed by atoms with E-state index >= 15 is 0 Å². The van der Waals surface area contributed by atoms with E-state index in [0.717, 1.165) is 31.9 Å². The number of nitrogens with zero attached hydrogens (tertiary/aromatic N) is 1. The minimum Gasteiger partial charge on any atom is -0.356 e. The molecule has 0 atom stereocenters. The third-order valence-corrected chi connectivity index (χ3v) is 3.96. The van der Waals surface area contributed by atoms with E-state index in [0.29, 0.717) is 12.1 Å². The van der Waals surface area contributed by atoms with Crippen LogP contribution in [0.15, 0.2) is 35.3 Å². The zero-order valence-electron chi connectivity index (χ0n) is 14.5. The van der Waals surface area contributed by atoms with Gasteiger partial charge in [0.2, 0.25) is 0 Å². The maximum Gasteiger partial charge on any atom is 0.251 e. The number of amides is 1. The van der Waals surface area contributed by atoms with Gasteiger partial charge in [-0.1, -0.05) is 18.2 Å². The average molecular weight is 464 g/mol. The summed E-state index contributed by atoms with van der Waals surface area (Å²) < 4.78 is 0. The van der Waals surface area contributed by atoms with E-state index in [4.69, 9.17) is 0 Å². The summed E-state index contributed by atoms with van der Waals surface area (Å²) in [5.41, 5.74) is 0.697. The first-order chi connectivity index (χ1) is 11.3. The van der Waals surface area contributed by atoms with Crippen molar-refractivity contribution >= 4 is 47.6 Å². The molecule has 0 aliphatic carbocycles. The smallest absolute Gasteiger partial charge is 0.251 e. The van der Waals surface area contributed by atoms with E-state index in [2.05, 4.69) is 27.2 Å². The summed E-state index contributed by atoms with van der Waals surface area (Å²) >= 11 is 1.88. The molecular weight excluding hydrogens is 435 g/mol. The van der Waals surface area contributed by atoms with Crippen LogP contribution in [0, 0.1) is 0 Å². The predicted octanol–water partition coefficient (Wildman–Crippen LogP) is 2.73. The first-order valence-electron chi connectivity index (χ1n) is 8.04. The number of halogens is 1. The van der Waals surface area contributed by atoms with Crippen molar-refractivity contribution in [1.82, 2.24) is 16.0 Å². The lowest BCUT2D eigenvalue weighted by atomic mass is 10.2. The van der Waals surface area contributed by atoms with Gasteiger partial charge in [0.05, 0.1) is 0 Å². The van der Waals surface area contributed by atoms with Crippen molar-refractivity contribution in [3.8, 4) is 0 Å². The number of unbranched alkanes of at least 4 members (excludes halogenated alkanes) is 1. The van der Waals surface area contributed by atoms with Crippen molar-refractivity contribution in [3.63, 3.8) is 0 Å². The van der Waals surface area contributed by atoms with Gasteiger partial charge in [-0.25, -0.2) is 0 Å². The molecule has 0 aliphatic rings. The number of rotatable bonds is 10. The highest BCUT2D eigenvalue weighted by molar-refractivity contribution is 14.0. The molecule has 1 aromatic carbocycles. The minimum absolute atomic E-state index is 0. The van der Waals surface area contributed by atoms with Crippen LogP contribution in [0.2, 0.25) is 0 Å². The summed E-state index contributed by atoms with van der Waals surface area (Å²) in [6.07, 6.45) is 5.35. The average Bonchev–Trinajstić information content (AvgIpc) is 2.60. The lowest BCUT2D eigenvalue weighted by Gasteiger charge is -2.12. The second-order valence-corrected chi connectivity index (χ2v) is 6.09. The molecule has 0 heterocycles. The summed E-state index contributed by atoms with van der Waals surface area (Å²) in [5.74, 6) is 2.00. The molecule has 1 aromatic rings. The van der Waals surface area contributed by atoms with Crippen LogP contribution in [0.1, 0.15) is 29.6 Å². The molecular formula is C17H29IN4OS. The molecule has 0 aromatic heterocycles. The molecule has 0 aliphatic heterocycles. The van der Waals surface area contributed by atoms with Crippen LogP contribution < -0.4 is 16.0 Å². The number of carbonyl (C=O) groups is 1. The lowest BCUT2D eigenvalue weighted by molar-refractivity contribution is 0.0953. The number of hydrogen-bond acceptors (Lipinski definition) is 3. The van der Waals surface area contributed by atoms with E-state index < -0.39 is 0 Å². The number of thioether (sulfide) groups is 1. The molecule has 0 fully saturated rings. The van der Waals surface area contributed by atoms with Crippen LogP contribution >= 0.6 is 35.7 Å². The standard InChI is InChI=1S/C17H28N4OS.HI/c1-18-17(20-11-6-7-14-23-2)21-13-8-12-19-16(22)15-9-4-3-5-10-15;/h3-5,9-10H,6-8,11-14H2,1-2H3,(H,19,22)(H2,18,20,21);1H. The van der Waals surface area contributed by atoms with Crippen LogP contribution in [-0.2, 0) is 0 Å². The van der Waals surface area contributed by atoms with E-state index in [1.165, 1.54) is 12.2 Å². The van der Waals surface area contributed by atoms with Gasteiger partial charge in [-0.05, 0) is 43.4 Å². The van der Waals surface area contributed by atoms with Gasteiger partial charge in [0.1, 0.15) is 0 Å². The Bertz CT molecular complexity index is 471. The molecule has 0 saturated carbocycles. The number of aliphatic imine (C=N–C) groups is 1. The molecule has 3 N–H and O–H groups in total. The number of guanidine groups is 1. The Morgan fingerprint density at radius 2 is 1.62 bits per heavy atom. The van der Waals surface area contributed by atoms with E-state index in [9.17, 15) is 4.79 Å². The van der Waals surface area contributed by atoms with Crippen molar-refractivity contribution < 1.29 is 4.79 Å². The Labute approximate surface area is 166 Å². The van der Waals surface area contributed by atoms with Gasteiger partial charge in [-0.2, -0.15) is 11.8 Å². The lowest BCUT2D eigenvalue weighted by Crippen LogP contribution is -2.39. The molecule has 1 amide bonds. The van der Waals surface area contributed by atoms with Gasteiger partial charge >= 0.3 is 0 Å². The number of carbonyl (C=O) groups excluding carboxylic acids is 1. The fraction of sp³-hybridized carbons (Fsp3) is 0.529. The van der Waals surface area contributed by atoms with Gasteiger partial charge < -0.3 is 16.0 Å². The van der Waals surface area contributed by atoms with Crippen LogP contribution in [0.4, 0.5) is 0 Å². The van der Waals surface area contributed by atoms with Gasteiger partial charge in [0.25, 0.3) is 5.91 Å². The summed E-state index contributed by atoms with van der Waals surface area (Å²) in [6, 6.07) is 9.27. The van der Waals surface area contributed by atoms with Crippen molar-refractivity contribution in [3.05, 3.63) is 35.9 Å². The van der Waals surface area contributed by atoms with Crippen molar-refractivity contribution in [2.24, 2.45) is 4.99 Å². The van der Waals surface area contributed by atoms with Crippen LogP contribution in [-0.4, -0.2) is 50.6 Å². The Morgan fingerprint density at radius 3 is 2.25 bits per heavy atom. The van der Waals surface area contributed by atoms with E-state index in [1.807, 2.05) is 42.1 Å². The Balaban J connectivity index is 0.00000529. The fourth-order valence-corrected chi connectivity index (χ4v) is 2.48. The largest absolute Gasteiger partial charge is 0.356 e. The minimum atomic E-state index is -0.0260. The topological polar surface area (TPSA) is 65.5 Å². The predicted molar refractivity (Wildman–Crippen MR) is 116 cm³/mol. The van der Waals surface area contributed by atoms with E-state index in [-0.39, 0.29) is 29.9 Å². The van der Waals surface area contributed by atoms with Gasteiger partial charge in [-0.3, -0.25) is 9.79 Å². The first kappa shape index (κ1) is 23.0. The monoisotopic (exact) mass is 464 g/mol. The number of nitrogens with one attached hydrogen (secondary N) is 3. The molecule has 5 nitrogen and oxygen atoms in total. The normalized spacial score (nSPS) is 10.7. The van der Waals surface area contributed by atoms with Gasteiger partial charge in [-0.15, -0.1) is 24.0 Å². The SMILES string of the molecule is CN=C(NCCCCSC)NCCCNC(=O)c1ccccc1.I. The third-order valence-electron chi connectivity index (χ3n) is 3.26. The quantitative estimate of drug-likeness (QED) is 0.216. The first-order valence-corrected chi connectivity index (χ1v) is 9.44. The maximum absolute atomic E-state index is 11.9. The maximum atomic E-state index is 11.9. The van der Waals surface area contributed by atoms with Crippen molar-refractivity contribution in [1.29, 1.82) is 0 Å². The molecule has 0 bridgehead atoms. The fourth-order valence-electron chi connectivity index (χ4n) is 1.99. The molecule has 0 saturated heterocycles. The summed E-state index contributed by atoms with van der Waals surface area (Å²) in [5, 5.41) is 9.47. The van der Waals surface area contributed by atoms with Gasteiger partial charge in [0.15, 0.2) is 5.96 Å². The van der Waals surface area contributed by atoms with Crippen LogP contribution in [0.5, 0.6) is 0 Å². The van der Waals surface area contributed by atoms with E-state index in [1.54, 1.807) is 7.05 Å². The van der Waals surface area contributed by atoms with Crippen molar-refractivity contribution in [2.75, 3.05) is 38.7 Å². The molecule has 0 radical (unpaired) electrons. The summed E-state index contributed by atoms with van der Waals surface area (Å²) in [4.78, 5) is 16.0. The zero-order valence-corrected chi connectivity index (χ0v) is 17.7. The molecule has 1 rings (SSSR count). The number of benzene rings is 1. The van der Waals surface area contributed by atoms with Crippen LogP contribution in [0.3, 0.4) is 0 Å². The Kier molecular flexibility index (Phi) is 14.9. The van der Waals surface area contributed by atoms with Gasteiger partial charge in [0, 0.05) is 32.2 Å². The second kappa shape index (κ2) is 15.6. The third kappa shape index (κ3) is 10.7. The van der Waals surface area contributed by atoms with Crippen molar-refractivity contribution in [2.45, 2.75) is 19.3 Å². The molecule has 136 valence electrons. The highest BCUT2D eigenvalue weighted by Gasteiger charge is 2.03.